The minimum atomic E-state index is -0.562. The van der Waals surface area contributed by atoms with E-state index < -0.39 is 5.92 Å². The van der Waals surface area contributed by atoms with Crippen LogP contribution in [0.5, 0.6) is 5.75 Å². The van der Waals surface area contributed by atoms with Gasteiger partial charge in [0.1, 0.15) is 11.6 Å². The fraction of sp³-hybridized carbons (Fsp3) is 0.278. The van der Waals surface area contributed by atoms with Gasteiger partial charge in [0.05, 0.1) is 12.5 Å². The Morgan fingerprint density at radius 3 is 2.64 bits per heavy atom. The van der Waals surface area contributed by atoms with Gasteiger partial charge in [-0.25, -0.2) is 4.39 Å². The van der Waals surface area contributed by atoms with Crippen LogP contribution >= 0.6 is 0 Å². The van der Waals surface area contributed by atoms with Gasteiger partial charge in [0.15, 0.2) is 0 Å². The van der Waals surface area contributed by atoms with Gasteiger partial charge in [-0.3, -0.25) is 4.79 Å². The first-order valence-electron chi connectivity index (χ1n) is 7.31. The smallest absolute Gasteiger partial charge is 0.231 e. The Morgan fingerprint density at radius 2 is 2.00 bits per heavy atom. The lowest BCUT2D eigenvalue weighted by molar-refractivity contribution is -0.117. The first-order valence-corrected chi connectivity index (χ1v) is 7.31. The van der Waals surface area contributed by atoms with E-state index in [1.807, 2.05) is 26.0 Å². The van der Waals surface area contributed by atoms with E-state index in [1.54, 1.807) is 31.2 Å². The lowest BCUT2D eigenvalue weighted by Gasteiger charge is -2.14. The molecule has 1 unspecified atom stereocenters. The molecule has 0 bridgehead atoms. The molecule has 0 heterocycles. The average molecular weight is 301 g/mol. The molecular formula is C18H20FNO2. The molecule has 1 N–H and O–H groups in total. The number of aryl methyl sites for hydroxylation is 1. The lowest BCUT2D eigenvalue weighted by atomic mass is 9.99. The minimum Gasteiger partial charge on any atom is -0.494 e. The van der Waals surface area contributed by atoms with Crippen molar-refractivity contribution in [3.63, 3.8) is 0 Å². The van der Waals surface area contributed by atoms with Crippen molar-refractivity contribution in [2.24, 2.45) is 0 Å². The third kappa shape index (κ3) is 3.64. The predicted molar refractivity (Wildman–Crippen MR) is 85.8 cm³/mol. The number of hydrogen-bond donors (Lipinski definition) is 1. The van der Waals surface area contributed by atoms with Crippen LogP contribution in [0.25, 0.3) is 0 Å². The maximum Gasteiger partial charge on any atom is 0.231 e. The zero-order valence-electron chi connectivity index (χ0n) is 13.0. The van der Waals surface area contributed by atoms with Gasteiger partial charge in [-0.15, -0.1) is 0 Å². The Bertz CT molecular complexity index is 670. The minimum absolute atomic E-state index is 0.242. The first kappa shape index (κ1) is 16.0. The van der Waals surface area contributed by atoms with E-state index in [2.05, 4.69) is 5.32 Å². The van der Waals surface area contributed by atoms with Crippen molar-refractivity contribution in [1.82, 2.24) is 0 Å². The highest BCUT2D eigenvalue weighted by atomic mass is 19.1. The number of nitrogens with one attached hydrogen (secondary N) is 1. The van der Waals surface area contributed by atoms with Crippen LogP contribution in [0.3, 0.4) is 0 Å². The summed E-state index contributed by atoms with van der Waals surface area (Å²) in [6, 6.07) is 11.8. The summed E-state index contributed by atoms with van der Waals surface area (Å²) in [6.45, 7) is 6.12. The summed E-state index contributed by atoms with van der Waals surface area (Å²) < 4.78 is 19.2. The Balaban J connectivity index is 2.12. The van der Waals surface area contributed by atoms with Crippen molar-refractivity contribution in [3.05, 3.63) is 59.4 Å². The molecule has 22 heavy (non-hydrogen) atoms. The molecule has 0 fully saturated rings. The van der Waals surface area contributed by atoms with Crippen LogP contribution in [0.15, 0.2) is 42.5 Å². The molecule has 1 amide bonds. The van der Waals surface area contributed by atoms with Gasteiger partial charge in [0, 0.05) is 5.69 Å². The molecular weight excluding hydrogens is 281 g/mol. The van der Waals surface area contributed by atoms with E-state index in [9.17, 15) is 9.18 Å². The van der Waals surface area contributed by atoms with Crippen LogP contribution in [0, 0.1) is 12.7 Å². The second-order valence-corrected chi connectivity index (χ2v) is 5.15. The normalized spacial score (nSPS) is 11.8. The molecule has 0 aromatic heterocycles. The number of amides is 1. The van der Waals surface area contributed by atoms with Crippen LogP contribution in [0.1, 0.15) is 30.9 Å². The monoisotopic (exact) mass is 301 g/mol. The summed E-state index contributed by atoms with van der Waals surface area (Å²) in [7, 11) is 0. The molecule has 2 aromatic carbocycles. The number of carbonyl (C=O) groups is 1. The van der Waals surface area contributed by atoms with Gasteiger partial charge in [0.2, 0.25) is 5.91 Å². The molecule has 1 atom stereocenters. The first-order chi connectivity index (χ1) is 10.5. The standard InChI is InChI=1S/C18H20FNO2/c1-4-22-17-10-9-14(11-12(17)2)20-18(21)13(3)15-7-5-6-8-16(15)19/h5-11,13H,4H2,1-3H3,(H,20,21). The number of anilines is 1. The van der Waals surface area contributed by atoms with Crippen molar-refractivity contribution >= 4 is 11.6 Å². The number of benzene rings is 2. The molecule has 2 aromatic rings. The fourth-order valence-corrected chi connectivity index (χ4v) is 2.26. The van der Waals surface area contributed by atoms with Crippen molar-refractivity contribution in [2.75, 3.05) is 11.9 Å². The molecule has 0 saturated carbocycles. The lowest BCUT2D eigenvalue weighted by Crippen LogP contribution is -2.19. The summed E-state index contributed by atoms with van der Waals surface area (Å²) in [5, 5.41) is 2.82. The summed E-state index contributed by atoms with van der Waals surface area (Å²) in [4.78, 5) is 12.3. The third-order valence-corrected chi connectivity index (χ3v) is 3.51. The molecule has 4 heteroatoms. The average Bonchev–Trinajstić information content (AvgIpc) is 2.50. The van der Waals surface area contributed by atoms with Crippen LogP contribution in [0.2, 0.25) is 0 Å². The second-order valence-electron chi connectivity index (χ2n) is 5.15. The van der Waals surface area contributed by atoms with E-state index in [1.165, 1.54) is 6.07 Å². The Morgan fingerprint density at radius 1 is 1.27 bits per heavy atom. The third-order valence-electron chi connectivity index (χ3n) is 3.51. The fourth-order valence-electron chi connectivity index (χ4n) is 2.26. The highest BCUT2D eigenvalue weighted by Gasteiger charge is 2.18. The zero-order valence-corrected chi connectivity index (χ0v) is 13.0. The van der Waals surface area contributed by atoms with Crippen LogP contribution in [-0.2, 0) is 4.79 Å². The molecule has 3 nitrogen and oxygen atoms in total. The maximum absolute atomic E-state index is 13.7. The molecule has 0 saturated heterocycles. The quantitative estimate of drug-likeness (QED) is 0.895. The van der Waals surface area contributed by atoms with Gasteiger partial charge in [0.25, 0.3) is 0 Å². The van der Waals surface area contributed by atoms with E-state index in [0.29, 0.717) is 17.9 Å². The van der Waals surface area contributed by atoms with E-state index in [0.717, 1.165) is 11.3 Å². The molecule has 0 aliphatic heterocycles. The van der Waals surface area contributed by atoms with Gasteiger partial charge < -0.3 is 10.1 Å². The number of hydrogen-bond acceptors (Lipinski definition) is 2. The Hall–Kier alpha value is -2.36. The predicted octanol–water partition coefficient (Wildman–Crippen LogP) is 4.28. The summed E-state index contributed by atoms with van der Waals surface area (Å²) in [6.07, 6.45) is 0. The van der Waals surface area contributed by atoms with Gasteiger partial charge in [-0.05, 0) is 56.2 Å². The topological polar surface area (TPSA) is 38.3 Å². The van der Waals surface area contributed by atoms with Crippen molar-refractivity contribution < 1.29 is 13.9 Å². The number of rotatable bonds is 5. The van der Waals surface area contributed by atoms with Crippen LogP contribution in [0.4, 0.5) is 10.1 Å². The largest absolute Gasteiger partial charge is 0.494 e. The Kier molecular flexibility index (Phi) is 5.15. The number of halogens is 1. The van der Waals surface area contributed by atoms with E-state index >= 15 is 0 Å². The number of carbonyl (C=O) groups excluding carboxylic acids is 1. The van der Waals surface area contributed by atoms with Crippen LogP contribution < -0.4 is 10.1 Å². The molecule has 2 rings (SSSR count). The SMILES string of the molecule is CCOc1ccc(NC(=O)C(C)c2ccccc2F)cc1C. The molecule has 0 radical (unpaired) electrons. The number of ether oxygens (including phenoxy) is 1. The van der Waals surface area contributed by atoms with Crippen molar-refractivity contribution in [3.8, 4) is 5.75 Å². The molecule has 116 valence electrons. The highest BCUT2D eigenvalue weighted by molar-refractivity contribution is 5.95. The Labute approximate surface area is 130 Å². The molecule has 0 aliphatic rings. The second kappa shape index (κ2) is 7.07. The zero-order chi connectivity index (χ0) is 16.1. The summed E-state index contributed by atoms with van der Waals surface area (Å²) in [5.74, 6) is -0.377. The summed E-state index contributed by atoms with van der Waals surface area (Å²) >= 11 is 0. The maximum atomic E-state index is 13.7. The summed E-state index contributed by atoms with van der Waals surface area (Å²) in [5.41, 5.74) is 2.01. The van der Waals surface area contributed by atoms with E-state index in [4.69, 9.17) is 4.74 Å². The highest BCUT2D eigenvalue weighted by Crippen LogP contribution is 2.24. The van der Waals surface area contributed by atoms with Gasteiger partial charge in [-0.2, -0.15) is 0 Å². The molecule has 0 aliphatic carbocycles. The van der Waals surface area contributed by atoms with E-state index in [-0.39, 0.29) is 11.7 Å². The van der Waals surface area contributed by atoms with Crippen molar-refractivity contribution in [2.45, 2.75) is 26.7 Å². The van der Waals surface area contributed by atoms with Gasteiger partial charge >= 0.3 is 0 Å². The van der Waals surface area contributed by atoms with Crippen LogP contribution in [-0.4, -0.2) is 12.5 Å². The molecule has 0 spiro atoms. The van der Waals surface area contributed by atoms with Gasteiger partial charge in [-0.1, -0.05) is 18.2 Å². The van der Waals surface area contributed by atoms with Crippen molar-refractivity contribution in [1.29, 1.82) is 0 Å².